The quantitative estimate of drug-likeness (QED) is 0.411. The highest BCUT2D eigenvalue weighted by Crippen LogP contribution is 2.26. The van der Waals surface area contributed by atoms with Crippen molar-refractivity contribution in [3.8, 4) is 16.9 Å². The van der Waals surface area contributed by atoms with Gasteiger partial charge in [0.25, 0.3) is 0 Å². The molecule has 4 nitrogen and oxygen atoms in total. The number of benzene rings is 3. The fraction of sp³-hybridized carbons (Fsp3) is 0.367. The lowest BCUT2D eigenvalue weighted by atomic mass is 9.98. The molecule has 0 unspecified atom stereocenters. The van der Waals surface area contributed by atoms with E-state index in [0.717, 1.165) is 24.2 Å². The summed E-state index contributed by atoms with van der Waals surface area (Å²) in [5.74, 6) is -0.312. The van der Waals surface area contributed by atoms with Gasteiger partial charge in [-0.15, -0.1) is 0 Å². The number of ether oxygens (including phenoxy) is 2. The van der Waals surface area contributed by atoms with Crippen LogP contribution in [0, 0.1) is 5.82 Å². The van der Waals surface area contributed by atoms with Crippen LogP contribution in [-0.4, -0.2) is 24.8 Å². The van der Waals surface area contributed by atoms with Gasteiger partial charge in [-0.05, 0) is 53.3 Å². The molecule has 0 amide bonds. The second-order valence-corrected chi connectivity index (χ2v) is 8.07. The molecule has 35 heavy (non-hydrogen) atoms. The zero-order valence-corrected chi connectivity index (χ0v) is 21.1. The first kappa shape index (κ1) is 28.1. The van der Waals surface area contributed by atoms with Gasteiger partial charge in [-0.1, -0.05) is 81.6 Å². The fourth-order valence-electron chi connectivity index (χ4n) is 3.29. The van der Waals surface area contributed by atoms with E-state index < -0.39 is 5.97 Å². The third kappa shape index (κ3) is 10.3. The van der Waals surface area contributed by atoms with Gasteiger partial charge >= 0.3 is 5.97 Å². The van der Waals surface area contributed by atoms with E-state index in [1.807, 2.05) is 56.3 Å². The first-order valence-electron chi connectivity index (χ1n) is 12.4. The monoisotopic (exact) mass is 480 g/mol. The van der Waals surface area contributed by atoms with Crippen molar-refractivity contribution in [1.29, 1.82) is 0 Å². The van der Waals surface area contributed by atoms with Gasteiger partial charge < -0.3 is 14.6 Å². The first-order chi connectivity index (χ1) is 17.1. The highest BCUT2D eigenvalue weighted by molar-refractivity contribution is 5.67. The van der Waals surface area contributed by atoms with E-state index in [1.165, 1.54) is 36.5 Å². The Morgan fingerprint density at radius 1 is 0.971 bits per heavy atom. The molecule has 1 aliphatic heterocycles. The summed E-state index contributed by atoms with van der Waals surface area (Å²) in [7, 11) is 1.57. The van der Waals surface area contributed by atoms with Crippen LogP contribution in [0.3, 0.4) is 0 Å². The van der Waals surface area contributed by atoms with Gasteiger partial charge in [-0.3, -0.25) is 4.79 Å². The Balaban J connectivity index is 0.000000207. The van der Waals surface area contributed by atoms with Gasteiger partial charge in [0.15, 0.2) is 0 Å². The Morgan fingerprint density at radius 3 is 2.31 bits per heavy atom. The molecule has 1 aliphatic carbocycles. The van der Waals surface area contributed by atoms with E-state index in [-0.39, 0.29) is 12.2 Å². The fourth-order valence-corrected chi connectivity index (χ4v) is 3.29. The van der Waals surface area contributed by atoms with Crippen molar-refractivity contribution in [3.63, 3.8) is 0 Å². The third-order valence-electron chi connectivity index (χ3n) is 5.28. The van der Waals surface area contributed by atoms with Crippen LogP contribution in [-0.2, 0) is 29.0 Å². The first-order valence-corrected chi connectivity index (χ1v) is 12.4. The predicted octanol–water partition coefficient (Wildman–Crippen LogP) is 7.47. The van der Waals surface area contributed by atoms with Crippen molar-refractivity contribution in [2.24, 2.45) is 0 Å². The number of methoxy groups -OCH3 is 1. The maximum atomic E-state index is 13.5. The lowest BCUT2D eigenvalue weighted by molar-refractivity contribution is -0.136. The molecule has 0 radical (unpaired) electrons. The van der Waals surface area contributed by atoms with Gasteiger partial charge in [-0.25, -0.2) is 4.39 Å². The van der Waals surface area contributed by atoms with Crippen LogP contribution in [0.2, 0.25) is 0 Å². The van der Waals surface area contributed by atoms with Crippen LogP contribution in [0.1, 0.15) is 56.2 Å². The number of carboxylic acids is 1. The Hall–Kier alpha value is -3.18. The van der Waals surface area contributed by atoms with E-state index >= 15 is 0 Å². The Kier molecular flexibility index (Phi) is 12.6. The second kappa shape index (κ2) is 15.7. The number of rotatable bonds is 5. The number of aryl methyl sites for hydroxylation is 1. The number of hydrogen-bond donors (Lipinski definition) is 1. The molecule has 1 fully saturated rings. The molecule has 188 valence electrons. The van der Waals surface area contributed by atoms with Crippen molar-refractivity contribution in [3.05, 3.63) is 89.2 Å². The van der Waals surface area contributed by atoms with Crippen molar-refractivity contribution in [2.45, 2.75) is 59.0 Å². The molecule has 1 heterocycles. The highest BCUT2D eigenvalue weighted by atomic mass is 19.1. The summed E-state index contributed by atoms with van der Waals surface area (Å²) in [6.45, 7) is 5.46. The molecule has 1 saturated carbocycles. The SMILES string of the molecule is C1CC1.CC.COc1ccc(F)c(-c2ccccc2)c1.O=C(O)CCc1ccc2c(c1)CCOC2. The molecule has 1 N–H and O–H groups in total. The van der Waals surface area contributed by atoms with Crippen LogP contribution < -0.4 is 4.74 Å². The summed E-state index contributed by atoms with van der Waals surface area (Å²) < 4.78 is 23.9. The summed E-state index contributed by atoms with van der Waals surface area (Å²) in [6, 6.07) is 20.3. The van der Waals surface area contributed by atoms with Gasteiger partial charge in [0, 0.05) is 12.0 Å². The number of carbonyl (C=O) groups is 1. The zero-order valence-electron chi connectivity index (χ0n) is 21.1. The molecular formula is C30H37FO4. The molecule has 3 aromatic rings. The average Bonchev–Trinajstić information content (AvgIpc) is 3.80. The van der Waals surface area contributed by atoms with Crippen molar-refractivity contribution >= 4 is 5.97 Å². The zero-order chi connectivity index (χ0) is 25.5. The number of aliphatic carboxylic acids is 1. The molecule has 5 rings (SSSR count). The van der Waals surface area contributed by atoms with E-state index in [9.17, 15) is 9.18 Å². The molecule has 0 aromatic heterocycles. The molecular weight excluding hydrogens is 443 g/mol. The van der Waals surface area contributed by atoms with Gasteiger partial charge in [0.2, 0.25) is 0 Å². The standard InChI is InChI=1S/C13H11FO.C12H14O3.C3H6.C2H6/c1-15-11-7-8-13(14)12(9-11)10-5-3-2-4-6-10;13-12(14)4-2-9-1-3-11-8-15-6-5-10(11)7-9;1-2-3-1;1-2/h2-9H,1H3;1,3,7H,2,4-6,8H2,(H,13,14);1-3H2;1-2H3. The topological polar surface area (TPSA) is 55.8 Å². The van der Waals surface area contributed by atoms with Gasteiger partial charge in [0.05, 0.1) is 20.3 Å². The molecule has 0 saturated heterocycles. The lowest BCUT2D eigenvalue weighted by Gasteiger charge is -2.17. The van der Waals surface area contributed by atoms with Crippen molar-refractivity contribution in [1.82, 2.24) is 0 Å². The van der Waals surface area contributed by atoms with Gasteiger partial charge in [-0.2, -0.15) is 0 Å². The Bertz CT molecular complexity index is 1030. The van der Waals surface area contributed by atoms with Crippen LogP contribution >= 0.6 is 0 Å². The number of carboxylic acid groups (broad SMARTS) is 1. The molecule has 3 aromatic carbocycles. The van der Waals surface area contributed by atoms with E-state index in [4.69, 9.17) is 14.6 Å². The second-order valence-electron chi connectivity index (χ2n) is 8.07. The van der Waals surface area contributed by atoms with Crippen LogP contribution in [0.15, 0.2) is 66.7 Å². The summed E-state index contributed by atoms with van der Waals surface area (Å²) in [6.07, 6.45) is 6.26. The summed E-state index contributed by atoms with van der Waals surface area (Å²) >= 11 is 0. The molecule has 2 aliphatic rings. The average molecular weight is 481 g/mol. The maximum absolute atomic E-state index is 13.5. The summed E-state index contributed by atoms with van der Waals surface area (Å²) in [4.78, 5) is 10.4. The summed E-state index contributed by atoms with van der Waals surface area (Å²) in [5, 5.41) is 8.59. The largest absolute Gasteiger partial charge is 0.497 e. The van der Waals surface area contributed by atoms with E-state index in [2.05, 4.69) is 6.07 Å². The van der Waals surface area contributed by atoms with Crippen molar-refractivity contribution in [2.75, 3.05) is 13.7 Å². The van der Waals surface area contributed by atoms with Crippen LogP contribution in [0.25, 0.3) is 11.1 Å². The summed E-state index contributed by atoms with van der Waals surface area (Å²) in [5.41, 5.74) is 5.08. The van der Waals surface area contributed by atoms with Crippen molar-refractivity contribution < 1.29 is 23.8 Å². The lowest BCUT2D eigenvalue weighted by Crippen LogP contribution is -2.10. The smallest absolute Gasteiger partial charge is 0.303 e. The number of halogens is 1. The minimum absolute atomic E-state index is 0.204. The maximum Gasteiger partial charge on any atom is 0.303 e. The molecule has 5 heteroatoms. The Morgan fingerprint density at radius 2 is 1.69 bits per heavy atom. The molecule has 0 bridgehead atoms. The third-order valence-corrected chi connectivity index (χ3v) is 5.28. The normalized spacial score (nSPS) is 12.8. The predicted molar refractivity (Wildman–Crippen MR) is 139 cm³/mol. The number of hydrogen-bond acceptors (Lipinski definition) is 3. The van der Waals surface area contributed by atoms with E-state index in [0.29, 0.717) is 24.3 Å². The van der Waals surface area contributed by atoms with Crippen LogP contribution in [0.5, 0.6) is 5.75 Å². The molecule has 0 atom stereocenters. The minimum Gasteiger partial charge on any atom is -0.497 e. The minimum atomic E-state index is -0.740. The number of fused-ring (bicyclic) bond motifs is 1. The highest BCUT2D eigenvalue weighted by Gasteiger charge is 2.10. The Labute approximate surface area is 208 Å². The van der Waals surface area contributed by atoms with Crippen LogP contribution in [0.4, 0.5) is 4.39 Å². The van der Waals surface area contributed by atoms with E-state index in [1.54, 1.807) is 19.2 Å². The van der Waals surface area contributed by atoms with Gasteiger partial charge in [0.1, 0.15) is 11.6 Å². The molecule has 0 spiro atoms.